The fourth-order valence-electron chi connectivity index (χ4n) is 2.46. The van der Waals surface area contributed by atoms with E-state index in [0.717, 1.165) is 18.4 Å². The molecule has 3 N–H and O–H groups in total. The van der Waals surface area contributed by atoms with Gasteiger partial charge in [-0.3, -0.25) is 4.72 Å². The van der Waals surface area contributed by atoms with E-state index < -0.39 is 10.2 Å². The first-order valence-corrected chi connectivity index (χ1v) is 8.46. The van der Waals surface area contributed by atoms with Crippen LogP contribution in [0.25, 0.3) is 0 Å². The molecular weight excluding hydrogens is 274 g/mol. The van der Waals surface area contributed by atoms with Crippen LogP contribution in [0, 0.1) is 5.92 Å². The van der Waals surface area contributed by atoms with Gasteiger partial charge in [0.15, 0.2) is 0 Å². The summed E-state index contributed by atoms with van der Waals surface area (Å²) in [6, 6.07) is 7.13. The lowest BCUT2D eigenvalue weighted by Gasteiger charge is -2.30. The third-order valence-corrected chi connectivity index (χ3v) is 5.12. The average molecular weight is 297 g/mol. The van der Waals surface area contributed by atoms with Crippen molar-refractivity contribution < 1.29 is 8.42 Å². The Morgan fingerprint density at radius 3 is 2.85 bits per heavy atom. The van der Waals surface area contributed by atoms with Gasteiger partial charge in [-0.15, -0.1) is 0 Å². The molecule has 0 aliphatic carbocycles. The first kappa shape index (κ1) is 15.3. The van der Waals surface area contributed by atoms with E-state index in [4.69, 9.17) is 5.73 Å². The van der Waals surface area contributed by atoms with Crippen molar-refractivity contribution in [1.29, 1.82) is 0 Å². The third kappa shape index (κ3) is 3.71. The highest BCUT2D eigenvalue weighted by Gasteiger charge is 2.26. The molecule has 1 saturated heterocycles. The predicted molar refractivity (Wildman–Crippen MR) is 81.6 cm³/mol. The van der Waals surface area contributed by atoms with E-state index in [1.165, 1.54) is 4.31 Å². The molecule has 1 aliphatic rings. The molecule has 0 radical (unpaired) electrons. The summed E-state index contributed by atoms with van der Waals surface area (Å²) in [5, 5.41) is 0. The van der Waals surface area contributed by atoms with Crippen LogP contribution in [0.15, 0.2) is 24.3 Å². The standard InChI is InChI=1S/C14H23N3O2S/c1-11-5-4-8-17(10-11)20(18,19)16-14-7-3-6-13(9-14)12(2)15/h3,6-7,9,11-12,16H,4-5,8,10,15H2,1-2H3. The smallest absolute Gasteiger partial charge is 0.301 e. The summed E-state index contributed by atoms with van der Waals surface area (Å²) in [7, 11) is -3.47. The van der Waals surface area contributed by atoms with Crippen molar-refractivity contribution in [3.8, 4) is 0 Å². The van der Waals surface area contributed by atoms with Gasteiger partial charge in [-0.05, 0) is 43.4 Å². The van der Waals surface area contributed by atoms with Crippen molar-refractivity contribution in [2.45, 2.75) is 32.7 Å². The second-order valence-corrected chi connectivity index (χ2v) is 7.30. The van der Waals surface area contributed by atoms with Gasteiger partial charge in [0.2, 0.25) is 0 Å². The maximum atomic E-state index is 12.4. The average Bonchev–Trinajstić information content (AvgIpc) is 2.38. The Morgan fingerprint density at radius 1 is 1.45 bits per heavy atom. The van der Waals surface area contributed by atoms with E-state index in [0.29, 0.717) is 24.7 Å². The molecule has 1 fully saturated rings. The minimum Gasteiger partial charge on any atom is -0.324 e. The van der Waals surface area contributed by atoms with Crippen molar-refractivity contribution in [2.24, 2.45) is 11.7 Å². The Labute approximate surface area is 121 Å². The summed E-state index contributed by atoms with van der Waals surface area (Å²) in [4.78, 5) is 0. The molecule has 112 valence electrons. The molecule has 0 amide bonds. The van der Waals surface area contributed by atoms with E-state index in [2.05, 4.69) is 11.6 Å². The van der Waals surface area contributed by atoms with E-state index in [9.17, 15) is 8.42 Å². The van der Waals surface area contributed by atoms with Crippen LogP contribution in [0.5, 0.6) is 0 Å². The first-order chi connectivity index (χ1) is 9.38. The van der Waals surface area contributed by atoms with Gasteiger partial charge < -0.3 is 5.73 Å². The zero-order valence-electron chi connectivity index (χ0n) is 12.0. The highest BCUT2D eigenvalue weighted by Crippen LogP contribution is 2.21. The van der Waals surface area contributed by atoms with Crippen molar-refractivity contribution in [3.05, 3.63) is 29.8 Å². The Balaban J connectivity index is 2.13. The minimum absolute atomic E-state index is 0.116. The highest BCUT2D eigenvalue weighted by atomic mass is 32.2. The summed E-state index contributed by atoms with van der Waals surface area (Å²) >= 11 is 0. The molecule has 2 rings (SSSR count). The number of piperidine rings is 1. The van der Waals surface area contributed by atoms with Crippen LogP contribution in [0.3, 0.4) is 0 Å². The van der Waals surface area contributed by atoms with Gasteiger partial charge in [-0.2, -0.15) is 12.7 Å². The number of nitrogens with one attached hydrogen (secondary N) is 1. The van der Waals surface area contributed by atoms with Crippen molar-refractivity contribution in [3.63, 3.8) is 0 Å². The summed E-state index contributed by atoms with van der Waals surface area (Å²) in [6.07, 6.45) is 2.01. The zero-order chi connectivity index (χ0) is 14.8. The Bertz CT molecular complexity index is 557. The van der Waals surface area contributed by atoms with Crippen LogP contribution < -0.4 is 10.5 Å². The van der Waals surface area contributed by atoms with E-state index in [1.807, 2.05) is 19.1 Å². The van der Waals surface area contributed by atoms with Crippen LogP contribution in [0.4, 0.5) is 5.69 Å². The highest BCUT2D eigenvalue weighted by molar-refractivity contribution is 7.90. The third-order valence-electron chi connectivity index (χ3n) is 3.62. The van der Waals surface area contributed by atoms with Crippen LogP contribution in [-0.2, 0) is 10.2 Å². The number of hydrogen-bond donors (Lipinski definition) is 2. The van der Waals surface area contributed by atoms with E-state index in [1.54, 1.807) is 12.1 Å². The van der Waals surface area contributed by atoms with Gasteiger partial charge in [0.25, 0.3) is 0 Å². The lowest BCUT2D eigenvalue weighted by Crippen LogP contribution is -2.42. The van der Waals surface area contributed by atoms with Gasteiger partial charge in [-0.25, -0.2) is 0 Å². The molecule has 1 aromatic carbocycles. The monoisotopic (exact) mass is 297 g/mol. The minimum atomic E-state index is -3.47. The number of nitrogens with zero attached hydrogens (tertiary/aromatic N) is 1. The predicted octanol–water partition coefficient (Wildman–Crippen LogP) is 2.09. The first-order valence-electron chi connectivity index (χ1n) is 7.02. The second-order valence-electron chi connectivity index (χ2n) is 5.63. The van der Waals surface area contributed by atoms with Gasteiger partial charge in [0.05, 0.1) is 5.69 Å². The van der Waals surface area contributed by atoms with Crippen LogP contribution in [-0.4, -0.2) is 25.8 Å². The van der Waals surface area contributed by atoms with Crippen molar-refractivity contribution >= 4 is 15.9 Å². The summed E-state index contributed by atoms with van der Waals surface area (Å²) in [5.74, 6) is 0.413. The fraction of sp³-hybridized carbons (Fsp3) is 0.571. The van der Waals surface area contributed by atoms with Crippen LogP contribution >= 0.6 is 0 Å². The molecule has 0 aromatic heterocycles. The lowest BCUT2D eigenvalue weighted by molar-refractivity contribution is 0.282. The number of rotatable bonds is 4. The molecule has 1 aromatic rings. The molecule has 1 heterocycles. The largest absolute Gasteiger partial charge is 0.324 e. The molecule has 2 atom stereocenters. The van der Waals surface area contributed by atoms with Crippen LogP contribution in [0.1, 0.15) is 38.3 Å². The molecule has 0 spiro atoms. The SMILES string of the molecule is CC1CCCN(S(=O)(=O)Nc2cccc(C(C)N)c2)C1. The molecule has 0 bridgehead atoms. The Morgan fingerprint density at radius 2 is 2.20 bits per heavy atom. The lowest BCUT2D eigenvalue weighted by atomic mass is 10.0. The molecule has 20 heavy (non-hydrogen) atoms. The van der Waals surface area contributed by atoms with Gasteiger partial charge in [-0.1, -0.05) is 19.1 Å². The number of benzene rings is 1. The van der Waals surface area contributed by atoms with Crippen LogP contribution in [0.2, 0.25) is 0 Å². The molecule has 5 nitrogen and oxygen atoms in total. The number of anilines is 1. The van der Waals surface area contributed by atoms with E-state index in [-0.39, 0.29) is 6.04 Å². The second kappa shape index (κ2) is 6.11. The number of nitrogens with two attached hydrogens (primary N) is 1. The maximum Gasteiger partial charge on any atom is 0.301 e. The van der Waals surface area contributed by atoms with Crippen molar-refractivity contribution in [2.75, 3.05) is 17.8 Å². The van der Waals surface area contributed by atoms with Crippen molar-refractivity contribution in [1.82, 2.24) is 4.31 Å². The maximum absolute atomic E-state index is 12.4. The Kier molecular flexibility index (Phi) is 4.67. The van der Waals surface area contributed by atoms with Gasteiger partial charge in [0.1, 0.15) is 0 Å². The molecule has 0 saturated carbocycles. The molecule has 2 unspecified atom stereocenters. The molecular formula is C14H23N3O2S. The van der Waals surface area contributed by atoms with Gasteiger partial charge >= 0.3 is 10.2 Å². The number of hydrogen-bond acceptors (Lipinski definition) is 3. The zero-order valence-corrected chi connectivity index (χ0v) is 12.9. The topological polar surface area (TPSA) is 75.4 Å². The summed E-state index contributed by atoms with van der Waals surface area (Å²) < 4.78 is 28.9. The summed E-state index contributed by atoms with van der Waals surface area (Å²) in [5.41, 5.74) is 7.30. The van der Waals surface area contributed by atoms with Gasteiger partial charge in [0, 0.05) is 19.1 Å². The quantitative estimate of drug-likeness (QED) is 0.893. The molecule has 1 aliphatic heterocycles. The fourth-order valence-corrected chi connectivity index (χ4v) is 3.84. The Hall–Kier alpha value is -1.11. The normalized spacial score (nSPS) is 22.4. The van der Waals surface area contributed by atoms with E-state index >= 15 is 0 Å². The summed E-state index contributed by atoms with van der Waals surface area (Å²) in [6.45, 7) is 5.13. The molecule has 6 heteroatoms.